The van der Waals surface area contributed by atoms with E-state index in [2.05, 4.69) is 21.2 Å². The molecule has 0 spiro atoms. The van der Waals surface area contributed by atoms with E-state index < -0.39 is 0 Å². The highest BCUT2D eigenvalue weighted by Crippen LogP contribution is 2.13. The van der Waals surface area contributed by atoms with Crippen LogP contribution in [0.1, 0.15) is 21.5 Å². The second-order valence-electron chi connectivity index (χ2n) is 3.98. The largest absolute Gasteiger partial charge is 0.322 e. The van der Waals surface area contributed by atoms with Crippen molar-refractivity contribution < 1.29 is 4.79 Å². The van der Waals surface area contributed by atoms with Crippen molar-refractivity contribution in [2.24, 2.45) is 0 Å². The number of anilines is 1. The molecule has 0 aliphatic rings. The molecule has 1 N–H and O–H groups in total. The molecule has 0 atom stereocenters. The summed E-state index contributed by atoms with van der Waals surface area (Å²) < 4.78 is 0. The maximum atomic E-state index is 12.0. The van der Waals surface area contributed by atoms with Crippen molar-refractivity contribution in [1.82, 2.24) is 0 Å². The van der Waals surface area contributed by atoms with Crippen LogP contribution in [0.4, 0.5) is 5.69 Å². The third-order valence-corrected chi connectivity index (χ3v) is 3.27. The smallest absolute Gasteiger partial charge is 0.255 e. The van der Waals surface area contributed by atoms with Gasteiger partial charge < -0.3 is 5.32 Å². The number of carbonyl (C=O) groups is 1. The highest BCUT2D eigenvalue weighted by molar-refractivity contribution is 9.08. The minimum Gasteiger partial charge on any atom is -0.322 e. The van der Waals surface area contributed by atoms with Crippen LogP contribution in [0.2, 0.25) is 0 Å². The Morgan fingerprint density at radius 2 is 1.95 bits per heavy atom. The summed E-state index contributed by atoms with van der Waals surface area (Å²) in [4.78, 5) is 12.0. The van der Waals surface area contributed by atoms with Gasteiger partial charge >= 0.3 is 0 Å². The number of hydrogen-bond donors (Lipinski definition) is 1. The SMILES string of the molecule is N#Cc1cccc(NC(=O)c2ccc(CBr)cc2)c1. The van der Waals surface area contributed by atoms with E-state index in [4.69, 9.17) is 5.26 Å². The van der Waals surface area contributed by atoms with Crippen LogP contribution in [-0.4, -0.2) is 5.91 Å². The highest BCUT2D eigenvalue weighted by atomic mass is 79.9. The molecule has 2 aromatic carbocycles. The standard InChI is InChI=1S/C15H11BrN2O/c16-9-11-4-6-13(7-5-11)15(19)18-14-3-1-2-12(8-14)10-17/h1-8H,9H2,(H,18,19). The number of halogens is 1. The Kier molecular flexibility index (Phi) is 4.32. The number of nitriles is 1. The zero-order valence-electron chi connectivity index (χ0n) is 10.1. The van der Waals surface area contributed by atoms with Gasteiger partial charge in [0, 0.05) is 16.6 Å². The van der Waals surface area contributed by atoms with Gasteiger partial charge in [-0.15, -0.1) is 0 Å². The second kappa shape index (κ2) is 6.17. The Morgan fingerprint density at radius 3 is 2.58 bits per heavy atom. The lowest BCUT2D eigenvalue weighted by molar-refractivity contribution is 0.102. The fourth-order valence-corrected chi connectivity index (χ4v) is 1.99. The van der Waals surface area contributed by atoms with Crippen LogP contribution in [0.5, 0.6) is 0 Å². The van der Waals surface area contributed by atoms with Crippen LogP contribution in [-0.2, 0) is 5.33 Å². The maximum absolute atomic E-state index is 12.0. The second-order valence-corrected chi connectivity index (χ2v) is 4.54. The van der Waals surface area contributed by atoms with E-state index in [1.807, 2.05) is 18.2 Å². The van der Waals surface area contributed by atoms with Gasteiger partial charge in [-0.3, -0.25) is 4.79 Å². The van der Waals surface area contributed by atoms with Crippen molar-refractivity contribution in [3.63, 3.8) is 0 Å². The Labute approximate surface area is 120 Å². The lowest BCUT2D eigenvalue weighted by Gasteiger charge is -2.06. The molecule has 0 aliphatic heterocycles. The molecule has 0 bridgehead atoms. The van der Waals surface area contributed by atoms with E-state index in [1.54, 1.807) is 36.4 Å². The molecule has 3 nitrogen and oxygen atoms in total. The predicted molar refractivity (Wildman–Crippen MR) is 78.2 cm³/mol. The minimum atomic E-state index is -0.184. The third-order valence-electron chi connectivity index (χ3n) is 2.62. The number of amides is 1. The van der Waals surface area contributed by atoms with Crippen LogP contribution in [0.15, 0.2) is 48.5 Å². The molecule has 0 fully saturated rings. The molecule has 1 amide bonds. The van der Waals surface area contributed by atoms with Crippen LogP contribution >= 0.6 is 15.9 Å². The van der Waals surface area contributed by atoms with Crippen molar-refractivity contribution in [2.45, 2.75) is 5.33 Å². The van der Waals surface area contributed by atoms with Gasteiger partial charge in [-0.1, -0.05) is 34.1 Å². The topological polar surface area (TPSA) is 52.9 Å². The van der Waals surface area contributed by atoms with Crippen LogP contribution < -0.4 is 5.32 Å². The molecule has 0 heterocycles. The summed E-state index contributed by atoms with van der Waals surface area (Å²) in [6.45, 7) is 0. The zero-order chi connectivity index (χ0) is 13.7. The van der Waals surface area contributed by atoms with E-state index in [0.29, 0.717) is 16.8 Å². The number of hydrogen-bond acceptors (Lipinski definition) is 2. The first-order chi connectivity index (χ1) is 9.22. The molecule has 0 aromatic heterocycles. The van der Waals surface area contributed by atoms with Crippen molar-refractivity contribution in [2.75, 3.05) is 5.32 Å². The van der Waals surface area contributed by atoms with Crippen LogP contribution in [0.25, 0.3) is 0 Å². The third kappa shape index (κ3) is 3.43. The summed E-state index contributed by atoms with van der Waals surface area (Å²) in [5.74, 6) is -0.184. The van der Waals surface area contributed by atoms with Gasteiger partial charge in [-0.2, -0.15) is 5.26 Å². The Morgan fingerprint density at radius 1 is 1.21 bits per heavy atom. The van der Waals surface area contributed by atoms with E-state index in [-0.39, 0.29) is 5.91 Å². The van der Waals surface area contributed by atoms with Gasteiger partial charge in [-0.25, -0.2) is 0 Å². The van der Waals surface area contributed by atoms with Crippen molar-refractivity contribution >= 4 is 27.5 Å². The summed E-state index contributed by atoms with van der Waals surface area (Å²) in [7, 11) is 0. The van der Waals surface area contributed by atoms with Crippen molar-refractivity contribution in [1.29, 1.82) is 5.26 Å². The normalized spacial score (nSPS) is 9.68. The maximum Gasteiger partial charge on any atom is 0.255 e. The molecule has 94 valence electrons. The Hall–Kier alpha value is -2.12. The zero-order valence-corrected chi connectivity index (χ0v) is 11.6. The number of carbonyl (C=O) groups excluding carboxylic acids is 1. The van der Waals surface area contributed by atoms with E-state index in [9.17, 15) is 4.79 Å². The predicted octanol–water partition coefficient (Wildman–Crippen LogP) is 3.71. The van der Waals surface area contributed by atoms with Crippen molar-refractivity contribution in [3.05, 3.63) is 65.2 Å². The summed E-state index contributed by atoms with van der Waals surface area (Å²) >= 11 is 3.36. The first-order valence-electron chi connectivity index (χ1n) is 5.69. The molecule has 0 saturated carbocycles. The highest BCUT2D eigenvalue weighted by Gasteiger charge is 2.06. The van der Waals surface area contributed by atoms with Gasteiger partial charge in [0.1, 0.15) is 0 Å². The molecule has 4 heteroatoms. The summed E-state index contributed by atoms with van der Waals surface area (Å²) in [5, 5.41) is 12.3. The molecular formula is C15H11BrN2O. The fraction of sp³-hybridized carbons (Fsp3) is 0.0667. The molecule has 19 heavy (non-hydrogen) atoms. The molecule has 0 radical (unpaired) electrons. The van der Waals surface area contributed by atoms with Gasteiger partial charge in [0.15, 0.2) is 0 Å². The number of rotatable bonds is 3. The number of nitrogens with one attached hydrogen (secondary N) is 1. The molecule has 0 saturated heterocycles. The summed E-state index contributed by atoms with van der Waals surface area (Å²) in [6, 6.07) is 16.2. The fourth-order valence-electron chi connectivity index (χ4n) is 1.61. The quantitative estimate of drug-likeness (QED) is 0.878. The molecule has 2 aromatic rings. The Balaban J connectivity index is 2.13. The summed E-state index contributed by atoms with van der Waals surface area (Å²) in [6.07, 6.45) is 0. The monoisotopic (exact) mass is 314 g/mol. The number of alkyl halides is 1. The van der Waals surface area contributed by atoms with Crippen LogP contribution in [0, 0.1) is 11.3 Å². The molecular weight excluding hydrogens is 304 g/mol. The molecule has 2 rings (SSSR count). The molecule has 0 aliphatic carbocycles. The average Bonchev–Trinajstić information content (AvgIpc) is 2.47. The van der Waals surface area contributed by atoms with Gasteiger partial charge in [0.25, 0.3) is 5.91 Å². The minimum absolute atomic E-state index is 0.184. The summed E-state index contributed by atoms with van der Waals surface area (Å²) in [5.41, 5.74) is 2.84. The van der Waals surface area contributed by atoms with Gasteiger partial charge in [0.2, 0.25) is 0 Å². The molecule has 0 unspecified atom stereocenters. The van der Waals surface area contributed by atoms with E-state index in [1.165, 1.54) is 0 Å². The lowest BCUT2D eigenvalue weighted by atomic mass is 10.1. The lowest BCUT2D eigenvalue weighted by Crippen LogP contribution is -2.11. The first kappa shape index (κ1) is 13.3. The first-order valence-corrected chi connectivity index (χ1v) is 6.81. The van der Waals surface area contributed by atoms with Crippen molar-refractivity contribution in [3.8, 4) is 6.07 Å². The number of nitrogens with zero attached hydrogens (tertiary/aromatic N) is 1. The van der Waals surface area contributed by atoms with Gasteiger partial charge in [-0.05, 0) is 35.9 Å². The number of benzene rings is 2. The van der Waals surface area contributed by atoms with E-state index >= 15 is 0 Å². The van der Waals surface area contributed by atoms with Crippen LogP contribution in [0.3, 0.4) is 0 Å². The Bertz CT molecular complexity index is 629. The average molecular weight is 315 g/mol. The van der Waals surface area contributed by atoms with E-state index in [0.717, 1.165) is 10.9 Å². The van der Waals surface area contributed by atoms with Gasteiger partial charge in [0.05, 0.1) is 11.6 Å².